The van der Waals surface area contributed by atoms with Crippen LogP contribution in [0.15, 0.2) is 53.7 Å². The summed E-state index contributed by atoms with van der Waals surface area (Å²) in [6, 6.07) is 15.4. The van der Waals surface area contributed by atoms with Crippen molar-refractivity contribution in [2.24, 2.45) is 0 Å². The molecule has 3 rings (SSSR count). The highest BCUT2D eigenvalue weighted by molar-refractivity contribution is 7.99. The first kappa shape index (κ1) is 19.8. The zero-order chi connectivity index (χ0) is 19.2. The number of nitrogens with zero attached hydrogens (tertiary/aromatic N) is 4. The van der Waals surface area contributed by atoms with E-state index in [4.69, 9.17) is 16.3 Å². The van der Waals surface area contributed by atoms with E-state index in [-0.39, 0.29) is 12.7 Å². The molecule has 8 heteroatoms. The molecule has 142 valence electrons. The molecule has 0 amide bonds. The number of halogens is 1. The molecule has 0 saturated carbocycles. The van der Waals surface area contributed by atoms with E-state index in [0.29, 0.717) is 15.9 Å². The van der Waals surface area contributed by atoms with Gasteiger partial charge in [0.15, 0.2) is 0 Å². The normalized spacial score (nSPS) is 13.5. The third kappa shape index (κ3) is 5.29. The number of hydrogen-bond donors (Lipinski definition) is 1. The monoisotopic (exact) mass is 404 g/mol. The Morgan fingerprint density at radius 1 is 1.19 bits per heavy atom. The number of benzene rings is 2. The summed E-state index contributed by atoms with van der Waals surface area (Å²) in [5.41, 5.74) is 3.02. The van der Waals surface area contributed by atoms with Crippen molar-refractivity contribution in [1.82, 2.24) is 20.2 Å². The number of rotatable bonds is 8. The van der Waals surface area contributed by atoms with E-state index in [1.165, 1.54) is 11.8 Å². The lowest BCUT2D eigenvalue weighted by Crippen LogP contribution is -2.19. The summed E-state index contributed by atoms with van der Waals surface area (Å²) in [5.74, 6) is 0.430. The maximum Gasteiger partial charge on any atom is 0.214 e. The van der Waals surface area contributed by atoms with Crippen LogP contribution in [0.1, 0.15) is 24.2 Å². The van der Waals surface area contributed by atoms with Gasteiger partial charge >= 0.3 is 0 Å². The number of aromatic nitrogens is 4. The lowest BCUT2D eigenvalue weighted by molar-refractivity contribution is 0.00621. The molecule has 0 aliphatic heterocycles. The molecule has 0 bridgehead atoms. The van der Waals surface area contributed by atoms with Gasteiger partial charge < -0.3 is 9.84 Å². The lowest BCUT2D eigenvalue weighted by Gasteiger charge is -2.16. The van der Waals surface area contributed by atoms with Gasteiger partial charge in [-0.1, -0.05) is 53.7 Å². The molecule has 0 unspecified atom stereocenters. The Hall–Kier alpha value is -1.93. The van der Waals surface area contributed by atoms with Crippen LogP contribution < -0.4 is 0 Å². The SMILES string of the molecule is Cc1ccccc1-n1nnnc1SC[C@H](O)CO[C@H](C)c1ccc(Cl)cc1. The fourth-order valence-electron chi connectivity index (χ4n) is 2.53. The van der Waals surface area contributed by atoms with Crippen LogP contribution in [0.25, 0.3) is 5.69 Å². The van der Waals surface area contributed by atoms with Crippen LogP contribution in [0.2, 0.25) is 5.02 Å². The highest BCUT2D eigenvalue weighted by atomic mass is 35.5. The standard InChI is InChI=1S/C19H21ClN4O2S/c1-13-5-3-4-6-18(13)24-19(21-22-23-24)27-12-17(25)11-26-14(2)15-7-9-16(20)10-8-15/h3-10,14,17,25H,11-12H2,1-2H3/t14-,17-/m1/s1. The van der Waals surface area contributed by atoms with E-state index >= 15 is 0 Å². The van der Waals surface area contributed by atoms with Crippen LogP contribution in [0.4, 0.5) is 0 Å². The second kappa shape index (κ2) is 9.32. The molecule has 2 atom stereocenters. The van der Waals surface area contributed by atoms with Crippen molar-refractivity contribution in [3.8, 4) is 5.69 Å². The summed E-state index contributed by atoms with van der Waals surface area (Å²) in [6.45, 7) is 4.18. The first-order chi connectivity index (χ1) is 13.0. The van der Waals surface area contributed by atoms with Crippen molar-refractivity contribution in [3.63, 3.8) is 0 Å². The number of tetrazole rings is 1. The zero-order valence-corrected chi connectivity index (χ0v) is 16.7. The van der Waals surface area contributed by atoms with Crippen molar-refractivity contribution in [2.45, 2.75) is 31.2 Å². The van der Waals surface area contributed by atoms with Gasteiger partial charge in [-0.05, 0) is 53.6 Å². The van der Waals surface area contributed by atoms with E-state index in [9.17, 15) is 5.11 Å². The molecule has 0 spiro atoms. The Balaban J connectivity index is 1.53. The van der Waals surface area contributed by atoms with Crippen LogP contribution in [0.3, 0.4) is 0 Å². The molecule has 0 fully saturated rings. The summed E-state index contributed by atoms with van der Waals surface area (Å²) in [5, 5.41) is 23.5. The number of ether oxygens (including phenoxy) is 1. The van der Waals surface area contributed by atoms with Crippen molar-refractivity contribution in [1.29, 1.82) is 0 Å². The van der Waals surface area contributed by atoms with Crippen molar-refractivity contribution >= 4 is 23.4 Å². The first-order valence-electron chi connectivity index (χ1n) is 8.57. The number of aryl methyl sites for hydroxylation is 1. The topological polar surface area (TPSA) is 73.1 Å². The minimum atomic E-state index is -0.633. The number of hydrogen-bond acceptors (Lipinski definition) is 6. The maximum absolute atomic E-state index is 10.3. The maximum atomic E-state index is 10.3. The van der Waals surface area contributed by atoms with E-state index in [1.807, 2.05) is 62.4 Å². The van der Waals surface area contributed by atoms with Crippen LogP contribution in [0.5, 0.6) is 0 Å². The smallest absolute Gasteiger partial charge is 0.214 e. The van der Waals surface area contributed by atoms with Gasteiger partial charge in [0.05, 0.1) is 24.5 Å². The van der Waals surface area contributed by atoms with E-state index in [0.717, 1.165) is 16.8 Å². The Morgan fingerprint density at radius 3 is 2.67 bits per heavy atom. The summed E-state index contributed by atoms with van der Waals surface area (Å²) in [6.07, 6.45) is -0.758. The van der Waals surface area contributed by atoms with Gasteiger partial charge in [0.25, 0.3) is 0 Å². The Kier molecular flexibility index (Phi) is 6.84. The molecule has 1 heterocycles. The van der Waals surface area contributed by atoms with E-state index in [2.05, 4.69) is 15.5 Å². The summed E-state index contributed by atoms with van der Waals surface area (Å²) < 4.78 is 7.45. The molecule has 0 aliphatic rings. The van der Waals surface area contributed by atoms with Crippen LogP contribution in [0, 0.1) is 6.92 Å². The van der Waals surface area contributed by atoms with Gasteiger partial charge in [0.2, 0.25) is 5.16 Å². The average molecular weight is 405 g/mol. The molecule has 0 radical (unpaired) electrons. The number of thioether (sulfide) groups is 1. The molecular formula is C19H21ClN4O2S. The Labute approximate surface area is 167 Å². The number of aliphatic hydroxyl groups is 1. The van der Waals surface area contributed by atoms with Crippen molar-refractivity contribution < 1.29 is 9.84 Å². The number of aliphatic hydroxyl groups excluding tert-OH is 1. The fourth-order valence-corrected chi connectivity index (χ4v) is 3.44. The average Bonchev–Trinajstić information content (AvgIpc) is 3.13. The van der Waals surface area contributed by atoms with Gasteiger partial charge in [0.1, 0.15) is 0 Å². The minimum absolute atomic E-state index is 0.126. The molecular weight excluding hydrogens is 384 g/mol. The molecule has 2 aromatic carbocycles. The largest absolute Gasteiger partial charge is 0.390 e. The van der Waals surface area contributed by atoms with Crippen LogP contribution in [-0.2, 0) is 4.74 Å². The molecule has 0 aliphatic carbocycles. The Morgan fingerprint density at radius 2 is 1.93 bits per heavy atom. The van der Waals surface area contributed by atoms with Crippen molar-refractivity contribution in [2.75, 3.05) is 12.4 Å². The third-order valence-corrected chi connectivity index (χ3v) is 5.38. The van der Waals surface area contributed by atoms with Gasteiger partial charge in [-0.15, -0.1) is 5.10 Å². The van der Waals surface area contributed by atoms with Gasteiger partial charge in [-0.2, -0.15) is 4.68 Å². The molecule has 6 nitrogen and oxygen atoms in total. The van der Waals surface area contributed by atoms with Crippen LogP contribution >= 0.6 is 23.4 Å². The second-order valence-corrected chi connectivity index (χ2v) is 7.58. The van der Waals surface area contributed by atoms with E-state index < -0.39 is 6.10 Å². The van der Waals surface area contributed by atoms with Crippen molar-refractivity contribution in [3.05, 3.63) is 64.7 Å². The third-order valence-electron chi connectivity index (χ3n) is 4.07. The van der Waals surface area contributed by atoms with E-state index in [1.54, 1.807) is 4.68 Å². The molecule has 0 saturated heterocycles. The van der Waals surface area contributed by atoms with Gasteiger partial charge in [0, 0.05) is 10.8 Å². The van der Waals surface area contributed by atoms with Crippen LogP contribution in [-0.4, -0.2) is 43.8 Å². The second-order valence-electron chi connectivity index (χ2n) is 6.15. The van der Waals surface area contributed by atoms with Gasteiger partial charge in [-0.3, -0.25) is 0 Å². The molecule has 1 N–H and O–H groups in total. The predicted molar refractivity (Wildman–Crippen MR) is 106 cm³/mol. The molecule has 3 aromatic rings. The molecule has 1 aromatic heterocycles. The lowest BCUT2D eigenvalue weighted by atomic mass is 10.1. The van der Waals surface area contributed by atoms with Gasteiger partial charge in [-0.25, -0.2) is 0 Å². The quantitative estimate of drug-likeness (QED) is 0.575. The zero-order valence-electron chi connectivity index (χ0n) is 15.1. The summed E-state index contributed by atoms with van der Waals surface area (Å²) in [4.78, 5) is 0. The highest BCUT2D eigenvalue weighted by Gasteiger charge is 2.15. The molecule has 27 heavy (non-hydrogen) atoms. The number of para-hydroxylation sites is 1. The Bertz CT molecular complexity index is 872. The highest BCUT2D eigenvalue weighted by Crippen LogP contribution is 2.22. The fraction of sp³-hybridized carbons (Fsp3) is 0.316. The minimum Gasteiger partial charge on any atom is -0.390 e. The summed E-state index contributed by atoms with van der Waals surface area (Å²) in [7, 11) is 0. The first-order valence-corrected chi connectivity index (χ1v) is 9.93. The predicted octanol–water partition coefficient (Wildman–Crippen LogP) is 3.85. The summed E-state index contributed by atoms with van der Waals surface area (Å²) >= 11 is 7.29.